The Hall–Kier alpha value is -1.27. The molecule has 5 nitrogen and oxygen atoms in total. The van der Waals surface area contributed by atoms with Crippen LogP contribution in [-0.2, 0) is 11.3 Å². The zero-order chi connectivity index (χ0) is 14.3. The first-order valence-electron chi connectivity index (χ1n) is 6.09. The Morgan fingerprint density at radius 1 is 1.26 bits per heavy atom. The van der Waals surface area contributed by atoms with Crippen LogP contribution in [0.5, 0.6) is 11.5 Å². The number of benzene rings is 1. The quantitative estimate of drug-likeness (QED) is 0.765. The third-order valence-electron chi connectivity index (χ3n) is 2.30. The number of hydrogen-bond donors (Lipinski definition) is 2. The molecule has 0 aliphatic heterocycles. The van der Waals surface area contributed by atoms with Gasteiger partial charge in [-0.05, 0) is 31.5 Å². The van der Waals surface area contributed by atoms with Gasteiger partial charge in [-0.15, -0.1) is 0 Å². The van der Waals surface area contributed by atoms with E-state index >= 15 is 0 Å². The van der Waals surface area contributed by atoms with Crippen molar-refractivity contribution in [1.82, 2.24) is 5.32 Å². The van der Waals surface area contributed by atoms with Gasteiger partial charge in [0, 0.05) is 11.0 Å². The van der Waals surface area contributed by atoms with Crippen LogP contribution in [0.4, 0.5) is 0 Å². The number of halogens is 1. The largest absolute Gasteiger partial charge is 0.490 e. The summed E-state index contributed by atoms with van der Waals surface area (Å²) in [5.41, 5.74) is 0.924. The zero-order valence-electron chi connectivity index (χ0n) is 11.0. The van der Waals surface area contributed by atoms with E-state index in [2.05, 4.69) is 21.2 Å². The molecule has 0 aromatic heterocycles. The van der Waals surface area contributed by atoms with Crippen molar-refractivity contribution in [3.05, 3.63) is 22.2 Å². The van der Waals surface area contributed by atoms with Crippen LogP contribution in [0.15, 0.2) is 16.6 Å². The van der Waals surface area contributed by atoms with E-state index in [1.54, 1.807) is 0 Å². The molecule has 0 atom stereocenters. The molecule has 1 aromatic rings. The van der Waals surface area contributed by atoms with Crippen LogP contribution in [0.1, 0.15) is 19.4 Å². The molecule has 106 valence electrons. The Morgan fingerprint density at radius 3 is 2.37 bits per heavy atom. The Bertz CT molecular complexity index is 437. The van der Waals surface area contributed by atoms with Gasteiger partial charge < -0.3 is 19.9 Å². The van der Waals surface area contributed by atoms with Crippen molar-refractivity contribution in [1.29, 1.82) is 0 Å². The van der Waals surface area contributed by atoms with E-state index in [-0.39, 0.29) is 6.54 Å². The third kappa shape index (κ3) is 5.08. The average molecular weight is 332 g/mol. The number of carbonyl (C=O) groups is 1. The summed E-state index contributed by atoms with van der Waals surface area (Å²) < 4.78 is 11.9. The number of rotatable bonds is 8. The van der Waals surface area contributed by atoms with Crippen molar-refractivity contribution >= 4 is 21.9 Å². The molecule has 0 aliphatic carbocycles. The van der Waals surface area contributed by atoms with Crippen molar-refractivity contribution in [2.24, 2.45) is 0 Å². The Kier molecular flexibility index (Phi) is 6.66. The van der Waals surface area contributed by atoms with Crippen LogP contribution in [0.3, 0.4) is 0 Å². The second-order valence-electron chi connectivity index (χ2n) is 3.75. The lowest BCUT2D eigenvalue weighted by Gasteiger charge is -2.14. The smallest absolute Gasteiger partial charge is 0.317 e. The zero-order valence-corrected chi connectivity index (χ0v) is 12.6. The van der Waals surface area contributed by atoms with Crippen molar-refractivity contribution in [2.45, 2.75) is 20.4 Å². The fourth-order valence-corrected chi connectivity index (χ4v) is 2.02. The first-order chi connectivity index (χ1) is 9.08. The summed E-state index contributed by atoms with van der Waals surface area (Å²) >= 11 is 3.45. The molecule has 0 heterocycles. The maximum Gasteiger partial charge on any atom is 0.317 e. The normalized spacial score (nSPS) is 10.3. The maximum atomic E-state index is 10.5. The van der Waals surface area contributed by atoms with Crippen molar-refractivity contribution in [3.63, 3.8) is 0 Å². The summed E-state index contributed by atoms with van der Waals surface area (Å²) in [7, 11) is 0. The van der Waals surface area contributed by atoms with E-state index in [1.165, 1.54) is 0 Å². The van der Waals surface area contributed by atoms with Crippen LogP contribution < -0.4 is 14.8 Å². The minimum Gasteiger partial charge on any atom is -0.490 e. The molecule has 0 fully saturated rings. The lowest BCUT2D eigenvalue weighted by atomic mass is 10.2. The van der Waals surface area contributed by atoms with Gasteiger partial charge in [-0.1, -0.05) is 15.9 Å². The molecule has 0 bridgehead atoms. The monoisotopic (exact) mass is 331 g/mol. The second kappa shape index (κ2) is 8.01. The fraction of sp³-hybridized carbons (Fsp3) is 0.462. The van der Waals surface area contributed by atoms with Crippen LogP contribution in [0, 0.1) is 0 Å². The number of ether oxygens (including phenoxy) is 2. The summed E-state index contributed by atoms with van der Waals surface area (Å²) in [5, 5.41) is 11.4. The van der Waals surface area contributed by atoms with Gasteiger partial charge in [-0.25, -0.2) is 0 Å². The lowest BCUT2D eigenvalue weighted by molar-refractivity contribution is -0.135. The standard InChI is InChI=1S/C13H18BrNO4/c1-3-18-11-5-9(7-15-8-13(16)17)10(14)6-12(11)19-4-2/h5-6,15H,3-4,7-8H2,1-2H3,(H,16,17). The molecule has 19 heavy (non-hydrogen) atoms. The average Bonchev–Trinajstić information content (AvgIpc) is 2.34. The van der Waals surface area contributed by atoms with Gasteiger partial charge in [-0.2, -0.15) is 0 Å². The van der Waals surface area contributed by atoms with E-state index in [4.69, 9.17) is 14.6 Å². The number of hydrogen-bond acceptors (Lipinski definition) is 4. The summed E-state index contributed by atoms with van der Waals surface area (Å²) in [6.45, 7) is 5.28. The predicted octanol–water partition coefficient (Wildman–Crippen LogP) is 2.42. The Balaban J connectivity index is 2.86. The number of carboxylic acid groups (broad SMARTS) is 1. The second-order valence-corrected chi connectivity index (χ2v) is 4.61. The highest BCUT2D eigenvalue weighted by molar-refractivity contribution is 9.10. The molecule has 0 radical (unpaired) electrons. The summed E-state index contributed by atoms with van der Waals surface area (Å²) in [4.78, 5) is 10.5. The first-order valence-corrected chi connectivity index (χ1v) is 6.88. The molecular formula is C13H18BrNO4. The summed E-state index contributed by atoms with van der Waals surface area (Å²) in [6.07, 6.45) is 0. The topological polar surface area (TPSA) is 67.8 Å². The minimum absolute atomic E-state index is 0.0797. The van der Waals surface area contributed by atoms with E-state index < -0.39 is 5.97 Å². The van der Waals surface area contributed by atoms with Crippen molar-refractivity contribution in [3.8, 4) is 11.5 Å². The van der Waals surface area contributed by atoms with Crippen LogP contribution in [0.2, 0.25) is 0 Å². The number of carboxylic acids is 1. The van der Waals surface area contributed by atoms with Gasteiger partial charge in [0.2, 0.25) is 0 Å². The van der Waals surface area contributed by atoms with Gasteiger partial charge in [0.15, 0.2) is 11.5 Å². The van der Waals surface area contributed by atoms with E-state index in [0.29, 0.717) is 31.3 Å². The molecular weight excluding hydrogens is 314 g/mol. The fourth-order valence-electron chi connectivity index (χ4n) is 1.55. The van der Waals surface area contributed by atoms with Crippen LogP contribution in [-0.4, -0.2) is 30.8 Å². The minimum atomic E-state index is -0.882. The molecule has 6 heteroatoms. The van der Waals surface area contributed by atoms with Gasteiger partial charge in [0.25, 0.3) is 0 Å². The van der Waals surface area contributed by atoms with Crippen molar-refractivity contribution < 1.29 is 19.4 Å². The molecule has 0 saturated carbocycles. The lowest BCUT2D eigenvalue weighted by Crippen LogP contribution is -2.22. The summed E-state index contributed by atoms with van der Waals surface area (Å²) in [6, 6.07) is 3.69. The predicted molar refractivity (Wildman–Crippen MR) is 75.8 cm³/mol. The highest BCUT2D eigenvalue weighted by atomic mass is 79.9. The highest BCUT2D eigenvalue weighted by Gasteiger charge is 2.10. The number of aliphatic carboxylic acids is 1. The number of nitrogens with one attached hydrogen (secondary N) is 1. The SMILES string of the molecule is CCOc1cc(Br)c(CNCC(=O)O)cc1OCC. The Morgan fingerprint density at radius 2 is 1.84 bits per heavy atom. The van der Waals surface area contributed by atoms with Crippen LogP contribution in [0.25, 0.3) is 0 Å². The molecule has 1 aromatic carbocycles. The molecule has 2 N–H and O–H groups in total. The third-order valence-corrected chi connectivity index (χ3v) is 3.04. The van der Waals surface area contributed by atoms with E-state index in [1.807, 2.05) is 26.0 Å². The molecule has 0 saturated heterocycles. The Labute approximate surface area is 121 Å². The molecule has 1 rings (SSSR count). The molecule has 0 aliphatic rings. The van der Waals surface area contributed by atoms with Gasteiger partial charge in [-0.3, -0.25) is 4.79 Å². The molecule has 0 amide bonds. The van der Waals surface area contributed by atoms with E-state index in [0.717, 1.165) is 10.0 Å². The van der Waals surface area contributed by atoms with Gasteiger partial charge >= 0.3 is 5.97 Å². The van der Waals surface area contributed by atoms with Crippen molar-refractivity contribution in [2.75, 3.05) is 19.8 Å². The highest BCUT2D eigenvalue weighted by Crippen LogP contribution is 2.33. The summed E-state index contributed by atoms with van der Waals surface area (Å²) in [5.74, 6) is 0.463. The van der Waals surface area contributed by atoms with Gasteiger partial charge in [0.05, 0.1) is 19.8 Å². The first kappa shape index (κ1) is 15.8. The van der Waals surface area contributed by atoms with Crippen LogP contribution >= 0.6 is 15.9 Å². The molecule has 0 unspecified atom stereocenters. The van der Waals surface area contributed by atoms with E-state index in [9.17, 15) is 4.79 Å². The maximum absolute atomic E-state index is 10.5. The van der Waals surface area contributed by atoms with Gasteiger partial charge in [0.1, 0.15) is 0 Å². The molecule has 0 spiro atoms.